The van der Waals surface area contributed by atoms with E-state index in [1.54, 1.807) is 0 Å². The maximum absolute atomic E-state index is 8.80. The average molecular weight is 214 g/mol. The number of likely N-dealkylation sites (tertiary alicyclic amines) is 1. The van der Waals surface area contributed by atoms with Gasteiger partial charge in [-0.05, 0) is 50.9 Å². The molecular formula is C12H26N2O. The van der Waals surface area contributed by atoms with Crippen molar-refractivity contribution < 1.29 is 5.11 Å². The summed E-state index contributed by atoms with van der Waals surface area (Å²) in [7, 11) is 0. The van der Waals surface area contributed by atoms with Crippen LogP contribution in [-0.2, 0) is 0 Å². The van der Waals surface area contributed by atoms with Gasteiger partial charge in [0.05, 0.1) is 6.61 Å². The van der Waals surface area contributed by atoms with E-state index in [0.29, 0.717) is 6.61 Å². The van der Waals surface area contributed by atoms with Crippen LogP contribution in [0.5, 0.6) is 0 Å². The van der Waals surface area contributed by atoms with Crippen LogP contribution in [0, 0.1) is 11.8 Å². The third-order valence-electron chi connectivity index (χ3n) is 3.53. The molecule has 0 bridgehead atoms. The van der Waals surface area contributed by atoms with E-state index >= 15 is 0 Å². The largest absolute Gasteiger partial charge is 0.395 e. The Morgan fingerprint density at radius 2 is 1.73 bits per heavy atom. The molecule has 2 aliphatic rings. The molecule has 0 radical (unpaired) electrons. The van der Waals surface area contributed by atoms with E-state index in [1.165, 1.54) is 39.0 Å². The Labute approximate surface area is 93.9 Å². The molecule has 2 aliphatic heterocycles. The molecule has 3 heteroatoms. The molecule has 2 heterocycles. The number of β-amino-alcohol motifs (C(OH)–C–C–N with tert-alkyl or cyclic N) is 1. The molecule has 2 fully saturated rings. The van der Waals surface area contributed by atoms with E-state index in [-0.39, 0.29) is 0 Å². The number of nitrogens with zero attached hydrogens (tertiary/aromatic N) is 1. The Bertz CT molecular complexity index is 152. The van der Waals surface area contributed by atoms with Crippen LogP contribution >= 0.6 is 0 Å². The molecule has 0 atom stereocenters. The molecule has 0 saturated carbocycles. The summed E-state index contributed by atoms with van der Waals surface area (Å²) < 4.78 is 0. The Kier molecular flexibility index (Phi) is 6.22. The quantitative estimate of drug-likeness (QED) is 0.734. The van der Waals surface area contributed by atoms with Gasteiger partial charge in [0.15, 0.2) is 0 Å². The van der Waals surface area contributed by atoms with Crippen molar-refractivity contribution in [1.82, 2.24) is 10.2 Å². The number of piperidine rings is 1. The van der Waals surface area contributed by atoms with E-state index < -0.39 is 0 Å². The molecule has 2 saturated heterocycles. The standard InChI is InChI=1S/C10H20N2O.C2H6/c13-6-5-12-3-1-9(2-4-12)10-7-11-8-10;1-2/h9-11,13H,1-8H2;1-2H3. The summed E-state index contributed by atoms with van der Waals surface area (Å²) in [6.45, 7) is 10.1. The first-order valence-corrected chi connectivity index (χ1v) is 6.44. The summed E-state index contributed by atoms with van der Waals surface area (Å²) in [4.78, 5) is 2.38. The Balaban J connectivity index is 0.000000531. The van der Waals surface area contributed by atoms with Crippen molar-refractivity contribution in [3.8, 4) is 0 Å². The first-order valence-electron chi connectivity index (χ1n) is 6.44. The zero-order valence-corrected chi connectivity index (χ0v) is 10.2. The maximum Gasteiger partial charge on any atom is 0.0558 e. The second-order valence-electron chi connectivity index (χ2n) is 4.32. The van der Waals surface area contributed by atoms with Gasteiger partial charge < -0.3 is 15.3 Å². The predicted octanol–water partition coefficient (Wildman–Crippen LogP) is 0.936. The minimum Gasteiger partial charge on any atom is -0.395 e. The second kappa shape index (κ2) is 7.20. The molecule has 0 unspecified atom stereocenters. The zero-order valence-electron chi connectivity index (χ0n) is 10.2. The average Bonchev–Trinajstić information content (AvgIpc) is 2.22. The lowest BCUT2D eigenvalue weighted by Crippen LogP contribution is -2.49. The lowest BCUT2D eigenvalue weighted by atomic mass is 9.81. The monoisotopic (exact) mass is 214 g/mol. The Hall–Kier alpha value is -0.120. The summed E-state index contributed by atoms with van der Waals surface area (Å²) in [6, 6.07) is 0. The lowest BCUT2D eigenvalue weighted by molar-refractivity contribution is 0.105. The second-order valence-corrected chi connectivity index (χ2v) is 4.32. The minimum atomic E-state index is 0.315. The number of rotatable bonds is 3. The van der Waals surface area contributed by atoms with Gasteiger partial charge in [-0.25, -0.2) is 0 Å². The van der Waals surface area contributed by atoms with Crippen LogP contribution in [0.25, 0.3) is 0 Å². The fraction of sp³-hybridized carbons (Fsp3) is 1.00. The van der Waals surface area contributed by atoms with Crippen molar-refractivity contribution >= 4 is 0 Å². The highest BCUT2D eigenvalue weighted by molar-refractivity contribution is 4.85. The fourth-order valence-electron chi connectivity index (χ4n) is 2.43. The number of hydrogen-bond acceptors (Lipinski definition) is 3. The summed E-state index contributed by atoms with van der Waals surface area (Å²) in [5.74, 6) is 1.91. The maximum atomic E-state index is 8.80. The smallest absolute Gasteiger partial charge is 0.0558 e. The molecule has 0 spiro atoms. The summed E-state index contributed by atoms with van der Waals surface area (Å²) >= 11 is 0. The van der Waals surface area contributed by atoms with E-state index in [4.69, 9.17) is 5.11 Å². The van der Waals surface area contributed by atoms with Gasteiger partial charge in [0, 0.05) is 6.54 Å². The van der Waals surface area contributed by atoms with Gasteiger partial charge in [-0.1, -0.05) is 13.8 Å². The van der Waals surface area contributed by atoms with E-state index in [9.17, 15) is 0 Å². The van der Waals surface area contributed by atoms with Crippen LogP contribution in [0.3, 0.4) is 0 Å². The normalized spacial score (nSPS) is 24.2. The van der Waals surface area contributed by atoms with Crippen LogP contribution in [0.1, 0.15) is 26.7 Å². The summed E-state index contributed by atoms with van der Waals surface area (Å²) in [5, 5.41) is 12.1. The van der Waals surface area contributed by atoms with Crippen LogP contribution < -0.4 is 5.32 Å². The molecule has 90 valence electrons. The SMILES string of the molecule is CC.OCCN1CCC(C2CNC2)CC1. The Morgan fingerprint density at radius 1 is 1.13 bits per heavy atom. The molecule has 0 amide bonds. The van der Waals surface area contributed by atoms with Crippen molar-refractivity contribution in [2.75, 3.05) is 39.3 Å². The first-order chi connectivity index (χ1) is 7.40. The molecule has 0 aromatic rings. The molecule has 0 aromatic heterocycles. The first kappa shape index (κ1) is 12.9. The topological polar surface area (TPSA) is 35.5 Å². The summed E-state index contributed by atoms with van der Waals surface area (Å²) in [5.41, 5.74) is 0. The van der Waals surface area contributed by atoms with E-state index in [0.717, 1.165) is 18.4 Å². The number of nitrogens with one attached hydrogen (secondary N) is 1. The molecule has 0 aliphatic carbocycles. The number of aliphatic hydroxyl groups excluding tert-OH is 1. The third kappa shape index (κ3) is 3.74. The van der Waals surface area contributed by atoms with Gasteiger partial charge in [0.1, 0.15) is 0 Å². The summed E-state index contributed by atoms with van der Waals surface area (Å²) in [6.07, 6.45) is 2.68. The fourth-order valence-corrected chi connectivity index (χ4v) is 2.43. The molecule has 0 aromatic carbocycles. The molecule has 3 nitrogen and oxygen atoms in total. The molecular weight excluding hydrogens is 188 g/mol. The molecule has 2 N–H and O–H groups in total. The predicted molar refractivity (Wildman–Crippen MR) is 64.0 cm³/mol. The lowest BCUT2D eigenvalue weighted by Gasteiger charge is -2.40. The van der Waals surface area contributed by atoms with Gasteiger partial charge in [0.2, 0.25) is 0 Å². The molecule has 2 rings (SSSR count). The Morgan fingerprint density at radius 3 is 2.13 bits per heavy atom. The zero-order chi connectivity index (χ0) is 11.1. The van der Waals surface area contributed by atoms with Crippen molar-refractivity contribution in [3.05, 3.63) is 0 Å². The van der Waals surface area contributed by atoms with Crippen molar-refractivity contribution in [2.24, 2.45) is 11.8 Å². The van der Waals surface area contributed by atoms with E-state index in [2.05, 4.69) is 10.2 Å². The highest BCUT2D eigenvalue weighted by Gasteiger charge is 2.29. The van der Waals surface area contributed by atoms with Gasteiger partial charge in [-0.15, -0.1) is 0 Å². The number of aliphatic hydroxyl groups is 1. The van der Waals surface area contributed by atoms with Crippen LogP contribution in [0.15, 0.2) is 0 Å². The third-order valence-corrected chi connectivity index (χ3v) is 3.53. The van der Waals surface area contributed by atoms with Gasteiger partial charge in [-0.3, -0.25) is 0 Å². The molecule has 15 heavy (non-hydrogen) atoms. The van der Waals surface area contributed by atoms with Crippen molar-refractivity contribution in [2.45, 2.75) is 26.7 Å². The highest BCUT2D eigenvalue weighted by Crippen LogP contribution is 2.27. The van der Waals surface area contributed by atoms with E-state index in [1.807, 2.05) is 13.8 Å². The van der Waals surface area contributed by atoms with Crippen LogP contribution in [0.2, 0.25) is 0 Å². The van der Waals surface area contributed by atoms with Gasteiger partial charge >= 0.3 is 0 Å². The highest BCUT2D eigenvalue weighted by atomic mass is 16.3. The number of hydrogen-bond donors (Lipinski definition) is 2. The minimum absolute atomic E-state index is 0.315. The van der Waals surface area contributed by atoms with Crippen LogP contribution in [0.4, 0.5) is 0 Å². The van der Waals surface area contributed by atoms with Gasteiger partial charge in [0.25, 0.3) is 0 Å². The van der Waals surface area contributed by atoms with Crippen molar-refractivity contribution in [3.63, 3.8) is 0 Å². The van der Waals surface area contributed by atoms with Crippen LogP contribution in [-0.4, -0.2) is 49.3 Å². The van der Waals surface area contributed by atoms with Crippen molar-refractivity contribution in [1.29, 1.82) is 0 Å². The van der Waals surface area contributed by atoms with Gasteiger partial charge in [-0.2, -0.15) is 0 Å².